The number of nitrogens with zero attached hydrogens (tertiary/aromatic N) is 3. The van der Waals surface area contributed by atoms with Crippen LogP contribution in [0.15, 0.2) is 46.3 Å². The minimum Gasteiger partial charge on any atom is -0.454 e. The molecule has 4 rings (SSSR count). The number of aromatic nitrogens is 2. The summed E-state index contributed by atoms with van der Waals surface area (Å²) in [6, 6.07) is 9.16. The van der Waals surface area contributed by atoms with Crippen LogP contribution >= 0.6 is 11.3 Å². The molecule has 1 aliphatic heterocycles. The fourth-order valence-corrected chi connectivity index (χ4v) is 3.82. The van der Waals surface area contributed by atoms with Crippen LogP contribution in [0.5, 0.6) is 0 Å². The van der Waals surface area contributed by atoms with Crippen LogP contribution in [0.3, 0.4) is 0 Å². The molecular formula is C20H17N3O5S. The molecule has 148 valence electrons. The fraction of sp³-hybridized carbons (Fsp3) is 0.250. The second-order valence-electron chi connectivity index (χ2n) is 6.81. The Labute approximate surface area is 170 Å². The standard InChI is InChI=1S/C20H17N3O5S/c1-11(2)16(23-18(24)12-6-3-4-7-13(12)19(23)25)20(26)27-10-15-21-17(22-28-15)14-8-5-9-29-14/h3-9,11,16H,10H2,1-2H3. The van der Waals surface area contributed by atoms with Crippen molar-refractivity contribution in [2.45, 2.75) is 26.5 Å². The molecule has 1 aromatic carbocycles. The van der Waals surface area contributed by atoms with Gasteiger partial charge in [-0.1, -0.05) is 37.2 Å². The molecule has 0 spiro atoms. The first kappa shape index (κ1) is 19.0. The number of hydrogen-bond donors (Lipinski definition) is 0. The normalized spacial score (nSPS) is 14.4. The predicted octanol–water partition coefficient (Wildman–Crippen LogP) is 3.16. The molecule has 0 saturated carbocycles. The smallest absolute Gasteiger partial charge is 0.330 e. The van der Waals surface area contributed by atoms with Crippen LogP contribution in [0, 0.1) is 5.92 Å². The van der Waals surface area contributed by atoms with Gasteiger partial charge in [0.15, 0.2) is 6.61 Å². The number of ether oxygens (including phenoxy) is 1. The minimum atomic E-state index is -1.05. The van der Waals surface area contributed by atoms with Crippen LogP contribution in [0.1, 0.15) is 40.5 Å². The zero-order valence-electron chi connectivity index (χ0n) is 15.7. The lowest BCUT2D eigenvalue weighted by molar-refractivity contribution is -0.152. The summed E-state index contributed by atoms with van der Waals surface area (Å²) in [5.41, 5.74) is 0.571. The summed E-state index contributed by atoms with van der Waals surface area (Å²) in [4.78, 5) is 44.2. The SMILES string of the molecule is CC(C)C(C(=O)OCc1nc(-c2cccs2)no1)N1C(=O)c2ccccc2C1=O. The molecule has 2 aromatic heterocycles. The van der Waals surface area contributed by atoms with Gasteiger partial charge in [-0.15, -0.1) is 11.3 Å². The van der Waals surface area contributed by atoms with Gasteiger partial charge < -0.3 is 9.26 Å². The molecule has 0 bridgehead atoms. The predicted molar refractivity (Wildman–Crippen MR) is 103 cm³/mol. The van der Waals surface area contributed by atoms with Crippen molar-refractivity contribution in [1.29, 1.82) is 0 Å². The number of thiophene rings is 1. The summed E-state index contributed by atoms with van der Waals surface area (Å²) in [6.07, 6.45) is 0. The van der Waals surface area contributed by atoms with Gasteiger partial charge in [-0.2, -0.15) is 4.98 Å². The van der Waals surface area contributed by atoms with Gasteiger partial charge in [-0.25, -0.2) is 4.79 Å². The molecule has 0 saturated heterocycles. The van der Waals surface area contributed by atoms with E-state index in [2.05, 4.69) is 10.1 Å². The molecule has 8 nitrogen and oxygen atoms in total. The average Bonchev–Trinajstić information content (AvgIpc) is 3.44. The Hall–Kier alpha value is -3.33. The highest BCUT2D eigenvalue weighted by Crippen LogP contribution is 2.28. The van der Waals surface area contributed by atoms with Crippen LogP contribution in [0.2, 0.25) is 0 Å². The maximum atomic E-state index is 12.8. The lowest BCUT2D eigenvalue weighted by Crippen LogP contribution is -2.48. The number of amides is 2. The number of carbonyl (C=O) groups excluding carboxylic acids is 3. The maximum absolute atomic E-state index is 12.8. The number of hydrogen-bond acceptors (Lipinski definition) is 8. The van der Waals surface area contributed by atoms with E-state index in [1.54, 1.807) is 38.1 Å². The van der Waals surface area contributed by atoms with Gasteiger partial charge in [0.05, 0.1) is 16.0 Å². The Bertz CT molecular complexity index is 1040. The van der Waals surface area contributed by atoms with E-state index in [0.29, 0.717) is 5.82 Å². The molecule has 2 amide bonds. The first-order chi connectivity index (χ1) is 14.0. The minimum absolute atomic E-state index is 0.131. The Kier molecular flexibility index (Phi) is 4.98. The van der Waals surface area contributed by atoms with Crippen molar-refractivity contribution in [2.24, 2.45) is 5.92 Å². The first-order valence-electron chi connectivity index (χ1n) is 8.97. The van der Waals surface area contributed by atoms with Crippen molar-refractivity contribution in [2.75, 3.05) is 0 Å². The summed E-state index contributed by atoms with van der Waals surface area (Å²) in [6.45, 7) is 3.25. The largest absolute Gasteiger partial charge is 0.454 e. The number of imide groups is 1. The van der Waals surface area contributed by atoms with E-state index in [1.807, 2.05) is 17.5 Å². The summed E-state index contributed by atoms with van der Waals surface area (Å²) in [7, 11) is 0. The van der Waals surface area contributed by atoms with E-state index < -0.39 is 23.8 Å². The van der Waals surface area contributed by atoms with Crippen molar-refractivity contribution < 1.29 is 23.6 Å². The lowest BCUT2D eigenvalue weighted by atomic mass is 10.0. The third-order valence-electron chi connectivity index (χ3n) is 4.52. The molecule has 0 aliphatic carbocycles. The van der Waals surface area contributed by atoms with Crippen LogP contribution in [0.25, 0.3) is 10.7 Å². The molecular weight excluding hydrogens is 394 g/mol. The van der Waals surface area contributed by atoms with Crippen molar-refractivity contribution in [3.63, 3.8) is 0 Å². The molecule has 29 heavy (non-hydrogen) atoms. The monoisotopic (exact) mass is 411 g/mol. The highest BCUT2D eigenvalue weighted by atomic mass is 32.1. The van der Waals surface area contributed by atoms with Gasteiger partial charge in [-0.05, 0) is 29.5 Å². The Morgan fingerprint density at radius 2 is 1.83 bits per heavy atom. The highest BCUT2D eigenvalue weighted by molar-refractivity contribution is 7.13. The highest BCUT2D eigenvalue weighted by Gasteiger charge is 2.44. The summed E-state index contributed by atoms with van der Waals surface area (Å²) in [5, 5.41) is 5.75. The number of rotatable bonds is 6. The zero-order chi connectivity index (χ0) is 20.5. The van der Waals surface area contributed by atoms with Gasteiger partial charge >= 0.3 is 5.97 Å². The number of benzene rings is 1. The van der Waals surface area contributed by atoms with Crippen molar-refractivity contribution in [3.8, 4) is 10.7 Å². The zero-order valence-corrected chi connectivity index (χ0v) is 16.5. The Morgan fingerprint density at radius 1 is 1.14 bits per heavy atom. The van der Waals surface area contributed by atoms with Gasteiger partial charge in [0.25, 0.3) is 17.7 Å². The number of esters is 1. The van der Waals surface area contributed by atoms with E-state index in [1.165, 1.54) is 11.3 Å². The molecule has 0 radical (unpaired) electrons. The van der Waals surface area contributed by atoms with Gasteiger partial charge in [0, 0.05) is 0 Å². The second kappa shape index (κ2) is 7.59. The van der Waals surface area contributed by atoms with E-state index in [4.69, 9.17) is 9.26 Å². The molecule has 1 aliphatic rings. The quantitative estimate of drug-likeness (QED) is 0.453. The number of carbonyl (C=O) groups is 3. The topological polar surface area (TPSA) is 103 Å². The van der Waals surface area contributed by atoms with Crippen molar-refractivity contribution >= 4 is 29.1 Å². The summed E-state index contributed by atoms with van der Waals surface area (Å²) >= 11 is 1.46. The van der Waals surface area contributed by atoms with E-state index in [0.717, 1.165) is 9.78 Å². The van der Waals surface area contributed by atoms with Crippen LogP contribution in [-0.2, 0) is 16.1 Å². The van der Waals surface area contributed by atoms with Crippen LogP contribution in [-0.4, -0.2) is 38.9 Å². The lowest BCUT2D eigenvalue weighted by Gasteiger charge is -2.27. The van der Waals surface area contributed by atoms with Crippen LogP contribution in [0.4, 0.5) is 0 Å². The molecule has 3 heterocycles. The first-order valence-corrected chi connectivity index (χ1v) is 9.85. The summed E-state index contributed by atoms with van der Waals surface area (Å²) in [5.74, 6) is -1.50. The van der Waals surface area contributed by atoms with Crippen molar-refractivity contribution in [1.82, 2.24) is 15.0 Å². The molecule has 0 N–H and O–H groups in total. The van der Waals surface area contributed by atoms with Gasteiger partial charge in [0.2, 0.25) is 5.82 Å². The third kappa shape index (κ3) is 3.44. The number of fused-ring (bicyclic) bond motifs is 1. The summed E-state index contributed by atoms with van der Waals surface area (Å²) < 4.78 is 10.4. The van der Waals surface area contributed by atoms with Gasteiger partial charge in [0.1, 0.15) is 6.04 Å². The Balaban J connectivity index is 1.49. The molecule has 1 unspecified atom stereocenters. The fourth-order valence-electron chi connectivity index (χ4n) is 3.17. The average molecular weight is 411 g/mol. The van der Waals surface area contributed by atoms with E-state index >= 15 is 0 Å². The van der Waals surface area contributed by atoms with Crippen LogP contribution < -0.4 is 0 Å². The molecule has 9 heteroatoms. The Morgan fingerprint density at radius 3 is 2.41 bits per heavy atom. The van der Waals surface area contributed by atoms with Crippen molar-refractivity contribution in [3.05, 3.63) is 58.8 Å². The second-order valence-corrected chi connectivity index (χ2v) is 7.76. The third-order valence-corrected chi connectivity index (χ3v) is 5.39. The van der Waals surface area contributed by atoms with Gasteiger partial charge in [-0.3, -0.25) is 14.5 Å². The molecule has 1 atom stereocenters. The maximum Gasteiger partial charge on any atom is 0.330 e. The van der Waals surface area contributed by atoms with E-state index in [-0.39, 0.29) is 29.5 Å². The molecule has 3 aromatic rings. The molecule has 0 fully saturated rings. The van der Waals surface area contributed by atoms with E-state index in [9.17, 15) is 14.4 Å².